The highest BCUT2D eigenvalue weighted by molar-refractivity contribution is 7.29. The van der Waals surface area contributed by atoms with Crippen molar-refractivity contribution in [3.8, 4) is 50.1 Å². The van der Waals surface area contributed by atoms with Crippen LogP contribution in [0.15, 0.2) is 97.1 Å². The molecule has 0 radical (unpaired) electrons. The van der Waals surface area contributed by atoms with E-state index in [1.807, 2.05) is 45.3 Å². The van der Waals surface area contributed by atoms with E-state index in [1.165, 1.54) is 74.1 Å². The number of benzene rings is 2. The highest BCUT2D eigenvalue weighted by Crippen LogP contribution is 2.44. The molecule has 0 fully saturated rings. The Labute approximate surface area is 241 Å². The molecular weight excluding hydrogens is 537 g/mol. The summed E-state index contributed by atoms with van der Waals surface area (Å²) in [6, 6.07) is 36.4. The van der Waals surface area contributed by atoms with E-state index in [2.05, 4.69) is 111 Å². The first-order valence-corrected chi connectivity index (χ1v) is 16.6. The Balaban J connectivity index is 1.17. The van der Waals surface area contributed by atoms with Crippen molar-refractivity contribution in [3.63, 3.8) is 0 Å². The zero-order valence-corrected chi connectivity index (χ0v) is 25.0. The topological polar surface area (TPSA) is 0 Å². The highest BCUT2D eigenvalue weighted by atomic mass is 32.1. The van der Waals surface area contributed by atoms with Gasteiger partial charge in [0.15, 0.2) is 0 Å². The van der Waals surface area contributed by atoms with Crippen LogP contribution in [0.25, 0.3) is 50.1 Å². The second-order valence-corrected chi connectivity index (χ2v) is 13.9. The molecular formula is C34H30S4. The molecule has 38 heavy (non-hydrogen) atoms. The van der Waals surface area contributed by atoms with Gasteiger partial charge in [-0.05, 0) is 83.6 Å². The van der Waals surface area contributed by atoms with Crippen LogP contribution in [0.1, 0.15) is 37.8 Å². The van der Waals surface area contributed by atoms with Crippen LogP contribution < -0.4 is 0 Å². The van der Waals surface area contributed by atoms with Gasteiger partial charge in [0.05, 0.1) is 0 Å². The van der Waals surface area contributed by atoms with Crippen molar-refractivity contribution in [2.45, 2.75) is 39.5 Å². The normalized spacial score (nSPS) is 11.3. The van der Waals surface area contributed by atoms with Crippen LogP contribution in [-0.2, 0) is 12.8 Å². The SMILES string of the molecule is CCCc1ccc(-c2ccc(-c3ccc(-c4ccc(-c5ccc(-c6ccc(CCC)cc6)s5)s4)s3)s2)cc1. The molecule has 0 aliphatic carbocycles. The van der Waals surface area contributed by atoms with E-state index in [0.717, 1.165) is 12.8 Å². The van der Waals surface area contributed by atoms with Gasteiger partial charge in [0.1, 0.15) is 0 Å². The van der Waals surface area contributed by atoms with E-state index in [4.69, 9.17) is 0 Å². The largest absolute Gasteiger partial charge is 0.134 e. The monoisotopic (exact) mass is 566 g/mol. The van der Waals surface area contributed by atoms with E-state index in [0.29, 0.717) is 0 Å². The molecule has 0 amide bonds. The molecule has 0 atom stereocenters. The highest BCUT2D eigenvalue weighted by Gasteiger charge is 2.13. The maximum atomic E-state index is 2.28. The Kier molecular flexibility index (Phi) is 7.75. The van der Waals surface area contributed by atoms with Gasteiger partial charge >= 0.3 is 0 Å². The summed E-state index contributed by atoms with van der Waals surface area (Å²) in [4.78, 5) is 10.8. The second kappa shape index (κ2) is 11.5. The van der Waals surface area contributed by atoms with Crippen LogP contribution >= 0.6 is 45.3 Å². The third-order valence-corrected chi connectivity index (χ3v) is 11.7. The summed E-state index contributed by atoms with van der Waals surface area (Å²) in [5, 5.41) is 0. The molecule has 6 rings (SSSR count). The Bertz CT molecular complexity index is 1500. The van der Waals surface area contributed by atoms with Crippen molar-refractivity contribution in [2.75, 3.05) is 0 Å². The Morgan fingerprint density at radius 1 is 0.342 bits per heavy atom. The van der Waals surface area contributed by atoms with Crippen LogP contribution in [0.5, 0.6) is 0 Å². The molecule has 190 valence electrons. The van der Waals surface area contributed by atoms with Crippen LogP contribution in [0.4, 0.5) is 0 Å². The lowest BCUT2D eigenvalue weighted by Crippen LogP contribution is -1.81. The Hall–Kier alpha value is -2.76. The van der Waals surface area contributed by atoms with Gasteiger partial charge in [0, 0.05) is 39.0 Å². The maximum Gasteiger partial charge on any atom is 0.0449 e. The predicted octanol–water partition coefficient (Wildman–Crippen LogP) is 12.2. The Morgan fingerprint density at radius 3 is 0.895 bits per heavy atom. The van der Waals surface area contributed by atoms with Gasteiger partial charge in [-0.15, -0.1) is 45.3 Å². The Morgan fingerprint density at radius 2 is 0.605 bits per heavy atom. The second-order valence-electron chi connectivity index (χ2n) is 9.55. The molecule has 4 aromatic heterocycles. The average Bonchev–Trinajstić information content (AvgIpc) is 3.75. The van der Waals surface area contributed by atoms with Crippen LogP contribution in [0, 0.1) is 0 Å². The number of thiophene rings is 4. The van der Waals surface area contributed by atoms with Crippen molar-refractivity contribution in [2.24, 2.45) is 0 Å². The molecule has 4 heteroatoms. The first kappa shape index (κ1) is 25.5. The summed E-state index contributed by atoms with van der Waals surface area (Å²) < 4.78 is 0. The van der Waals surface area contributed by atoms with Gasteiger partial charge in [-0.3, -0.25) is 0 Å². The zero-order valence-electron chi connectivity index (χ0n) is 21.7. The number of hydrogen-bond acceptors (Lipinski definition) is 4. The molecule has 0 unspecified atom stereocenters. The first-order valence-electron chi connectivity index (χ1n) is 13.3. The zero-order chi connectivity index (χ0) is 25.9. The van der Waals surface area contributed by atoms with E-state index < -0.39 is 0 Å². The van der Waals surface area contributed by atoms with Gasteiger partial charge < -0.3 is 0 Å². The fraction of sp³-hybridized carbons (Fsp3) is 0.176. The molecule has 2 aromatic carbocycles. The minimum atomic E-state index is 1.15. The van der Waals surface area contributed by atoms with Crippen molar-refractivity contribution < 1.29 is 0 Å². The summed E-state index contributed by atoms with van der Waals surface area (Å²) in [7, 11) is 0. The fourth-order valence-corrected chi connectivity index (χ4v) is 9.01. The molecule has 0 aliphatic rings. The summed E-state index contributed by atoms with van der Waals surface area (Å²) in [5.41, 5.74) is 5.47. The van der Waals surface area contributed by atoms with E-state index in [-0.39, 0.29) is 0 Å². The summed E-state index contributed by atoms with van der Waals surface area (Å²) >= 11 is 7.57. The average molecular weight is 567 g/mol. The summed E-state index contributed by atoms with van der Waals surface area (Å²) in [5.74, 6) is 0. The van der Waals surface area contributed by atoms with Crippen LogP contribution in [0.2, 0.25) is 0 Å². The fourth-order valence-electron chi connectivity index (χ4n) is 4.71. The quantitative estimate of drug-likeness (QED) is 0.163. The van der Waals surface area contributed by atoms with Crippen molar-refractivity contribution in [1.29, 1.82) is 0 Å². The molecule has 0 nitrogen and oxygen atoms in total. The lowest BCUT2D eigenvalue weighted by molar-refractivity contribution is 0.922. The molecule has 0 N–H and O–H groups in total. The predicted molar refractivity (Wildman–Crippen MR) is 173 cm³/mol. The molecule has 0 spiro atoms. The van der Waals surface area contributed by atoms with Gasteiger partial charge in [0.25, 0.3) is 0 Å². The minimum absolute atomic E-state index is 1.15. The summed E-state index contributed by atoms with van der Waals surface area (Å²) in [6.07, 6.45) is 4.69. The van der Waals surface area contributed by atoms with Crippen LogP contribution in [0.3, 0.4) is 0 Å². The van der Waals surface area contributed by atoms with E-state index in [9.17, 15) is 0 Å². The molecule has 6 aromatic rings. The smallest absolute Gasteiger partial charge is 0.0449 e. The molecule has 0 aliphatic heterocycles. The van der Waals surface area contributed by atoms with Crippen molar-refractivity contribution in [1.82, 2.24) is 0 Å². The van der Waals surface area contributed by atoms with E-state index in [1.54, 1.807) is 0 Å². The number of hydrogen-bond donors (Lipinski definition) is 0. The van der Waals surface area contributed by atoms with Gasteiger partial charge in [0.2, 0.25) is 0 Å². The number of rotatable bonds is 9. The molecule has 0 saturated heterocycles. The number of aryl methyl sites for hydroxylation is 2. The van der Waals surface area contributed by atoms with Crippen LogP contribution in [-0.4, -0.2) is 0 Å². The van der Waals surface area contributed by atoms with Gasteiger partial charge in [-0.1, -0.05) is 75.2 Å². The summed E-state index contributed by atoms with van der Waals surface area (Å²) in [6.45, 7) is 4.47. The third kappa shape index (κ3) is 5.50. The lowest BCUT2D eigenvalue weighted by Gasteiger charge is -2.01. The molecule has 4 heterocycles. The third-order valence-electron chi connectivity index (χ3n) is 6.71. The van der Waals surface area contributed by atoms with Crippen molar-refractivity contribution >= 4 is 45.3 Å². The molecule has 0 saturated carbocycles. The van der Waals surface area contributed by atoms with Crippen molar-refractivity contribution in [3.05, 3.63) is 108 Å². The van der Waals surface area contributed by atoms with Gasteiger partial charge in [-0.2, -0.15) is 0 Å². The van der Waals surface area contributed by atoms with Gasteiger partial charge in [-0.25, -0.2) is 0 Å². The lowest BCUT2D eigenvalue weighted by atomic mass is 10.1. The molecule has 0 bridgehead atoms. The van der Waals surface area contributed by atoms with E-state index >= 15 is 0 Å². The first-order chi connectivity index (χ1) is 18.7. The minimum Gasteiger partial charge on any atom is -0.134 e. The maximum absolute atomic E-state index is 2.28. The standard InChI is InChI=1S/C34H30S4/c1-3-5-23-7-11-25(12-8-23)27-15-17-29(35-27)31-19-21-33(37-31)34-22-20-32(38-34)30-18-16-28(36-30)26-13-9-24(6-4-2)10-14-26/h7-22H,3-6H2,1-2H3.